The number of aryl methyl sites for hydroxylation is 1. The number of carbonyl (C=O) groups is 1. The summed E-state index contributed by atoms with van der Waals surface area (Å²) in [5.74, 6) is -0.948. The number of rotatable bonds is 5. The lowest BCUT2D eigenvalue weighted by Gasteiger charge is -2.40. The number of halogens is 2. The van der Waals surface area contributed by atoms with Crippen LogP contribution in [0.4, 0.5) is 10.2 Å². The van der Waals surface area contributed by atoms with Gasteiger partial charge in [0.05, 0.1) is 18.2 Å². The summed E-state index contributed by atoms with van der Waals surface area (Å²) >= 11 is 5.99. The average molecular weight is 537 g/mol. The molecule has 1 fully saturated rings. The Balaban J connectivity index is 2.00. The molecule has 4 rings (SSSR count). The number of anilines is 1. The van der Waals surface area contributed by atoms with Crippen LogP contribution in [-0.2, 0) is 19.1 Å². The summed E-state index contributed by atoms with van der Waals surface area (Å²) < 4.78 is 45.4. The molecule has 3 aromatic rings. The zero-order valence-electron chi connectivity index (χ0n) is 19.6. The molecule has 36 heavy (non-hydrogen) atoms. The van der Waals surface area contributed by atoms with Crippen molar-refractivity contribution in [2.24, 2.45) is 0 Å². The molecule has 4 heterocycles. The second kappa shape index (κ2) is 9.56. The van der Waals surface area contributed by atoms with Crippen molar-refractivity contribution in [3.05, 3.63) is 58.0 Å². The van der Waals surface area contributed by atoms with Gasteiger partial charge in [-0.15, -0.1) is 0 Å². The van der Waals surface area contributed by atoms with Gasteiger partial charge >= 0.3 is 15.8 Å². The fourth-order valence-corrected chi connectivity index (χ4v) is 5.14. The van der Waals surface area contributed by atoms with E-state index in [2.05, 4.69) is 25.7 Å². The van der Waals surface area contributed by atoms with Crippen LogP contribution in [0.5, 0.6) is 0 Å². The number of pyridine rings is 2. The molecule has 0 N–H and O–H groups in total. The molecular weight excluding hydrogens is 515 g/mol. The molecule has 14 heteroatoms. The van der Waals surface area contributed by atoms with Crippen molar-refractivity contribution >= 4 is 44.5 Å². The minimum atomic E-state index is -4.35. The van der Waals surface area contributed by atoms with Gasteiger partial charge in [-0.3, -0.25) is 8.98 Å². The SMILES string of the molecule is C=CC(=O)N1CCN(c2nc(=O)n(-c3c(C)ccnc3S(=O)(=O)OC)c3nc(Cl)c(F)cc23)[C@@H](C)C1. The number of hydrogen-bond acceptors (Lipinski definition) is 9. The molecule has 1 aliphatic heterocycles. The van der Waals surface area contributed by atoms with Crippen LogP contribution >= 0.6 is 11.6 Å². The van der Waals surface area contributed by atoms with E-state index in [1.165, 1.54) is 18.3 Å². The van der Waals surface area contributed by atoms with Crippen LogP contribution in [0.25, 0.3) is 16.7 Å². The molecule has 0 radical (unpaired) electrons. The Morgan fingerprint density at radius 3 is 2.69 bits per heavy atom. The van der Waals surface area contributed by atoms with Crippen LogP contribution in [-0.4, -0.2) is 71.5 Å². The van der Waals surface area contributed by atoms with Gasteiger partial charge in [0.15, 0.2) is 16.6 Å². The summed E-state index contributed by atoms with van der Waals surface area (Å²) in [7, 11) is -3.38. The topological polar surface area (TPSA) is 128 Å². The van der Waals surface area contributed by atoms with Gasteiger partial charge in [0.2, 0.25) is 10.9 Å². The number of piperazine rings is 1. The maximum Gasteiger partial charge on any atom is 0.355 e. The van der Waals surface area contributed by atoms with Crippen molar-refractivity contribution in [1.29, 1.82) is 0 Å². The fraction of sp³-hybridized carbons (Fsp3) is 0.318. The van der Waals surface area contributed by atoms with Gasteiger partial charge in [0.1, 0.15) is 5.82 Å². The second-order valence-corrected chi connectivity index (χ2v) is 10.1. The van der Waals surface area contributed by atoms with E-state index in [1.807, 2.05) is 6.92 Å². The molecule has 1 amide bonds. The van der Waals surface area contributed by atoms with E-state index >= 15 is 0 Å². The van der Waals surface area contributed by atoms with Gasteiger partial charge in [0.25, 0.3) is 0 Å². The third-order valence-corrected chi connectivity index (χ3v) is 7.39. The zero-order valence-corrected chi connectivity index (χ0v) is 21.2. The predicted molar refractivity (Wildman–Crippen MR) is 130 cm³/mol. The first-order valence-corrected chi connectivity index (χ1v) is 12.5. The third kappa shape index (κ3) is 4.33. The molecule has 0 aliphatic carbocycles. The van der Waals surface area contributed by atoms with Crippen molar-refractivity contribution in [1.82, 2.24) is 24.4 Å². The van der Waals surface area contributed by atoms with E-state index < -0.39 is 31.8 Å². The number of nitrogens with zero attached hydrogens (tertiary/aromatic N) is 6. The van der Waals surface area contributed by atoms with Crippen molar-refractivity contribution < 1.29 is 21.8 Å². The average Bonchev–Trinajstić information content (AvgIpc) is 2.84. The molecule has 0 unspecified atom stereocenters. The molecule has 0 spiro atoms. The first-order chi connectivity index (χ1) is 17.0. The minimum absolute atomic E-state index is 0.114. The molecule has 1 saturated heterocycles. The lowest BCUT2D eigenvalue weighted by Crippen LogP contribution is -2.54. The minimum Gasteiger partial charge on any atom is -0.350 e. The van der Waals surface area contributed by atoms with Crippen LogP contribution in [0, 0.1) is 12.7 Å². The summed E-state index contributed by atoms with van der Waals surface area (Å²) in [5, 5.41) is -0.925. The Kier molecular flexibility index (Phi) is 6.82. The largest absolute Gasteiger partial charge is 0.355 e. The number of hydrogen-bond donors (Lipinski definition) is 0. The number of carbonyl (C=O) groups excluding carboxylic acids is 1. The molecule has 190 valence electrons. The van der Waals surface area contributed by atoms with E-state index in [0.717, 1.165) is 17.7 Å². The molecule has 0 saturated carbocycles. The quantitative estimate of drug-likeness (QED) is 0.272. The fourth-order valence-electron chi connectivity index (χ4n) is 4.17. The lowest BCUT2D eigenvalue weighted by molar-refractivity contribution is -0.126. The summed E-state index contributed by atoms with van der Waals surface area (Å²) in [6.07, 6.45) is 2.48. The van der Waals surface area contributed by atoms with Crippen LogP contribution in [0.15, 0.2) is 40.8 Å². The van der Waals surface area contributed by atoms with Gasteiger partial charge in [-0.1, -0.05) is 18.2 Å². The smallest absolute Gasteiger partial charge is 0.350 e. The summed E-state index contributed by atoms with van der Waals surface area (Å²) in [4.78, 5) is 41.1. The predicted octanol–water partition coefficient (Wildman–Crippen LogP) is 1.83. The van der Waals surface area contributed by atoms with Gasteiger partial charge < -0.3 is 9.80 Å². The summed E-state index contributed by atoms with van der Waals surface area (Å²) in [6, 6.07) is 2.30. The Labute approximate surface area is 210 Å². The van der Waals surface area contributed by atoms with Crippen molar-refractivity contribution in [2.75, 3.05) is 31.6 Å². The normalized spacial score (nSPS) is 16.4. The van der Waals surface area contributed by atoms with Crippen molar-refractivity contribution in [3.63, 3.8) is 0 Å². The van der Waals surface area contributed by atoms with E-state index in [-0.39, 0.29) is 34.5 Å². The van der Waals surface area contributed by atoms with Crippen LogP contribution in [0.1, 0.15) is 12.5 Å². The highest BCUT2D eigenvalue weighted by Gasteiger charge is 2.31. The van der Waals surface area contributed by atoms with E-state index in [9.17, 15) is 22.4 Å². The molecule has 0 bridgehead atoms. The first-order valence-electron chi connectivity index (χ1n) is 10.7. The maximum atomic E-state index is 14.6. The molecule has 11 nitrogen and oxygen atoms in total. The standard InChI is InChI=1S/C22H22ClFN6O5S/c1-5-16(31)28-8-9-29(13(3)11-28)19-14-10-15(24)18(23)26-20(14)30(22(32)27-19)17-12(2)6-7-25-21(17)36(33,34)35-4/h5-7,10,13H,1,8-9,11H2,2-4H3/t13-/m0/s1. The van der Waals surface area contributed by atoms with Crippen LogP contribution in [0.2, 0.25) is 5.15 Å². The Bertz CT molecular complexity index is 1560. The zero-order chi connectivity index (χ0) is 26.4. The molecule has 1 atom stereocenters. The van der Waals surface area contributed by atoms with E-state index in [4.69, 9.17) is 11.6 Å². The monoisotopic (exact) mass is 536 g/mol. The highest BCUT2D eigenvalue weighted by Crippen LogP contribution is 2.31. The number of fused-ring (bicyclic) bond motifs is 1. The first kappa shape index (κ1) is 25.7. The highest BCUT2D eigenvalue weighted by atomic mass is 35.5. The van der Waals surface area contributed by atoms with Crippen LogP contribution in [0.3, 0.4) is 0 Å². The molecule has 3 aromatic heterocycles. The summed E-state index contributed by atoms with van der Waals surface area (Å²) in [5.41, 5.74) is -0.784. The van der Waals surface area contributed by atoms with E-state index in [0.29, 0.717) is 25.2 Å². The lowest BCUT2D eigenvalue weighted by atomic mass is 10.1. The molecule has 0 aromatic carbocycles. The summed E-state index contributed by atoms with van der Waals surface area (Å²) in [6.45, 7) is 7.84. The van der Waals surface area contributed by atoms with Crippen LogP contribution < -0.4 is 10.6 Å². The second-order valence-electron chi connectivity index (χ2n) is 8.12. The van der Waals surface area contributed by atoms with E-state index in [1.54, 1.807) is 16.7 Å². The molecule has 1 aliphatic rings. The van der Waals surface area contributed by atoms with Gasteiger partial charge in [-0.05, 0) is 37.6 Å². The van der Waals surface area contributed by atoms with Crippen molar-refractivity contribution in [3.8, 4) is 5.69 Å². The number of aromatic nitrogens is 4. The van der Waals surface area contributed by atoms with Crippen molar-refractivity contribution in [2.45, 2.75) is 24.9 Å². The third-order valence-electron chi connectivity index (χ3n) is 5.92. The Morgan fingerprint density at radius 2 is 2.06 bits per heavy atom. The Morgan fingerprint density at radius 1 is 1.33 bits per heavy atom. The highest BCUT2D eigenvalue weighted by molar-refractivity contribution is 7.86. The Hall–Kier alpha value is -3.42. The van der Waals surface area contributed by atoms with Gasteiger partial charge in [0, 0.05) is 31.9 Å². The van der Waals surface area contributed by atoms with Gasteiger partial charge in [-0.25, -0.2) is 23.7 Å². The molecular formula is C22H22ClFN6O5S. The maximum absolute atomic E-state index is 14.6. The number of amides is 1. The van der Waals surface area contributed by atoms with Gasteiger partial charge in [-0.2, -0.15) is 13.4 Å².